The lowest BCUT2D eigenvalue weighted by molar-refractivity contribution is -0.132. The molecule has 1 atom stereocenters. The Hall–Kier alpha value is -1.27. The summed E-state index contributed by atoms with van der Waals surface area (Å²) in [6, 6.07) is 2.14. The van der Waals surface area contributed by atoms with Gasteiger partial charge in [-0.05, 0) is 29.3 Å². The van der Waals surface area contributed by atoms with E-state index in [4.69, 9.17) is 0 Å². The van der Waals surface area contributed by atoms with E-state index in [1.807, 2.05) is 4.90 Å². The molecule has 21 heavy (non-hydrogen) atoms. The average molecular weight is 321 g/mol. The summed E-state index contributed by atoms with van der Waals surface area (Å²) in [7, 11) is 0. The van der Waals surface area contributed by atoms with Crippen molar-refractivity contribution in [2.45, 2.75) is 37.2 Å². The van der Waals surface area contributed by atoms with Crippen LogP contribution in [0.2, 0.25) is 0 Å². The Morgan fingerprint density at radius 3 is 3.10 bits per heavy atom. The van der Waals surface area contributed by atoms with Crippen LogP contribution in [-0.4, -0.2) is 32.6 Å². The molecule has 1 amide bonds. The lowest BCUT2D eigenvalue weighted by atomic mass is 10.1. The molecule has 2 aromatic heterocycles. The van der Waals surface area contributed by atoms with Gasteiger partial charge in [-0.25, -0.2) is 4.98 Å². The highest BCUT2D eigenvalue weighted by molar-refractivity contribution is 8.00. The van der Waals surface area contributed by atoms with Crippen LogP contribution >= 0.6 is 23.1 Å². The number of H-pyrrole nitrogens is 1. The lowest BCUT2D eigenvalue weighted by Crippen LogP contribution is -2.42. The summed E-state index contributed by atoms with van der Waals surface area (Å²) in [6.45, 7) is 5.77. The van der Waals surface area contributed by atoms with E-state index in [9.17, 15) is 4.79 Å². The van der Waals surface area contributed by atoms with E-state index in [-0.39, 0.29) is 17.1 Å². The van der Waals surface area contributed by atoms with Gasteiger partial charge in [0.15, 0.2) is 5.16 Å². The Labute approximate surface area is 133 Å². The zero-order valence-corrected chi connectivity index (χ0v) is 13.8. The van der Waals surface area contributed by atoms with Gasteiger partial charge < -0.3 is 9.88 Å². The highest BCUT2D eigenvalue weighted by Crippen LogP contribution is 2.30. The van der Waals surface area contributed by atoms with Crippen LogP contribution in [0.1, 0.15) is 24.3 Å². The van der Waals surface area contributed by atoms with Gasteiger partial charge >= 0.3 is 0 Å². The molecule has 0 unspecified atom stereocenters. The molecule has 112 valence electrons. The Morgan fingerprint density at radius 2 is 2.38 bits per heavy atom. The number of rotatable bonds is 4. The zero-order valence-electron chi connectivity index (χ0n) is 12.2. The molecular formula is C15H19N3OS2. The number of imidazole rings is 1. The number of thiophene rings is 1. The van der Waals surface area contributed by atoms with Crippen LogP contribution in [0.5, 0.6) is 0 Å². The maximum Gasteiger partial charge on any atom is 0.236 e. The number of fused-ring (bicyclic) bond motifs is 1. The molecule has 1 aliphatic heterocycles. The van der Waals surface area contributed by atoms with Gasteiger partial charge in [0.05, 0.1) is 5.25 Å². The third kappa shape index (κ3) is 3.16. The first-order chi connectivity index (χ1) is 10.1. The van der Waals surface area contributed by atoms with Crippen molar-refractivity contribution in [2.24, 2.45) is 5.92 Å². The molecule has 0 spiro atoms. The number of carbonyl (C=O) groups is 1. The van der Waals surface area contributed by atoms with Gasteiger partial charge in [-0.3, -0.25) is 4.79 Å². The van der Waals surface area contributed by atoms with E-state index in [1.165, 1.54) is 22.2 Å². The van der Waals surface area contributed by atoms with Crippen molar-refractivity contribution >= 4 is 29.0 Å². The first-order valence-corrected chi connectivity index (χ1v) is 8.91. The number of amides is 1. The van der Waals surface area contributed by atoms with Gasteiger partial charge in [-0.2, -0.15) is 0 Å². The number of aromatic amines is 1. The van der Waals surface area contributed by atoms with Gasteiger partial charge in [-0.1, -0.05) is 25.6 Å². The minimum Gasteiger partial charge on any atom is -0.340 e. The average Bonchev–Trinajstić information content (AvgIpc) is 3.14. The number of nitrogens with zero attached hydrogens (tertiary/aromatic N) is 2. The fourth-order valence-electron chi connectivity index (χ4n) is 2.52. The smallest absolute Gasteiger partial charge is 0.236 e. The van der Waals surface area contributed by atoms with Gasteiger partial charge in [0, 0.05) is 30.4 Å². The Bertz CT molecular complexity index is 606. The van der Waals surface area contributed by atoms with Crippen LogP contribution in [0.25, 0.3) is 0 Å². The van der Waals surface area contributed by atoms with Crippen molar-refractivity contribution in [3.63, 3.8) is 0 Å². The molecule has 1 aliphatic rings. The molecule has 3 heterocycles. The molecule has 0 aromatic carbocycles. The number of hydrogen-bond donors (Lipinski definition) is 1. The van der Waals surface area contributed by atoms with Gasteiger partial charge in [0.25, 0.3) is 0 Å². The van der Waals surface area contributed by atoms with Crippen molar-refractivity contribution in [2.75, 3.05) is 6.54 Å². The SMILES string of the molecule is CC(C)[C@H](Sc1ncc[nH]1)C(=O)N1CCc2sccc2C1. The van der Waals surface area contributed by atoms with Crippen LogP contribution in [0.15, 0.2) is 29.0 Å². The quantitative estimate of drug-likeness (QED) is 0.880. The predicted octanol–water partition coefficient (Wildman–Crippen LogP) is 3.17. The molecule has 6 heteroatoms. The summed E-state index contributed by atoms with van der Waals surface area (Å²) in [5, 5.41) is 2.85. The van der Waals surface area contributed by atoms with Crippen molar-refractivity contribution in [1.29, 1.82) is 0 Å². The molecule has 1 N–H and O–H groups in total. The van der Waals surface area contributed by atoms with Crippen molar-refractivity contribution in [3.8, 4) is 0 Å². The summed E-state index contributed by atoms with van der Waals surface area (Å²) < 4.78 is 0. The Balaban J connectivity index is 1.73. The minimum absolute atomic E-state index is 0.0867. The molecule has 0 radical (unpaired) electrons. The van der Waals surface area contributed by atoms with Crippen LogP contribution < -0.4 is 0 Å². The summed E-state index contributed by atoms with van der Waals surface area (Å²) in [4.78, 5) is 23.6. The van der Waals surface area contributed by atoms with Gasteiger partial charge in [0.2, 0.25) is 5.91 Å². The van der Waals surface area contributed by atoms with E-state index in [1.54, 1.807) is 23.7 Å². The second kappa shape index (κ2) is 6.23. The Morgan fingerprint density at radius 1 is 1.52 bits per heavy atom. The molecular weight excluding hydrogens is 302 g/mol. The van der Waals surface area contributed by atoms with E-state index >= 15 is 0 Å². The fraction of sp³-hybridized carbons (Fsp3) is 0.467. The standard InChI is InChI=1S/C15H19N3OS2/c1-10(2)13(21-15-16-5-6-17-15)14(19)18-7-3-12-11(9-18)4-8-20-12/h4-6,8,10,13H,3,7,9H2,1-2H3,(H,16,17)/t13-/m0/s1. The normalized spacial score (nSPS) is 16.0. The monoisotopic (exact) mass is 321 g/mol. The third-order valence-electron chi connectivity index (χ3n) is 3.68. The molecule has 2 aromatic rings. The van der Waals surface area contributed by atoms with E-state index in [0.717, 1.165) is 24.7 Å². The maximum atomic E-state index is 12.9. The van der Waals surface area contributed by atoms with Crippen LogP contribution in [0, 0.1) is 5.92 Å². The van der Waals surface area contributed by atoms with E-state index in [2.05, 4.69) is 35.3 Å². The minimum atomic E-state index is -0.0867. The molecule has 0 saturated heterocycles. The van der Waals surface area contributed by atoms with E-state index in [0.29, 0.717) is 0 Å². The number of carbonyl (C=O) groups excluding carboxylic acids is 1. The van der Waals surface area contributed by atoms with Crippen molar-refractivity contribution < 1.29 is 4.79 Å². The fourth-order valence-corrected chi connectivity index (χ4v) is 4.43. The van der Waals surface area contributed by atoms with Crippen LogP contribution in [0.3, 0.4) is 0 Å². The van der Waals surface area contributed by atoms with Gasteiger partial charge in [0.1, 0.15) is 0 Å². The zero-order chi connectivity index (χ0) is 14.8. The second-order valence-electron chi connectivity index (χ2n) is 5.56. The lowest BCUT2D eigenvalue weighted by Gasteiger charge is -2.31. The first kappa shape index (κ1) is 14.7. The number of thioether (sulfide) groups is 1. The second-order valence-corrected chi connectivity index (χ2v) is 7.69. The summed E-state index contributed by atoms with van der Waals surface area (Å²) in [5.74, 6) is 0.500. The number of aromatic nitrogens is 2. The number of hydrogen-bond acceptors (Lipinski definition) is 4. The summed E-state index contributed by atoms with van der Waals surface area (Å²) >= 11 is 3.33. The highest BCUT2D eigenvalue weighted by Gasteiger charge is 2.31. The first-order valence-electron chi connectivity index (χ1n) is 7.15. The predicted molar refractivity (Wildman–Crippen MR) is 86.5 cm³/mol. The van der Waals surface area contributed by atoms with Crippen molar-refractivity contribution in [1.82, 2.24) is 14.9 Å². The molecule has 0 bridgehead atoms. The third-order valence-corrected chi connectivity index (χ3v) is 6.15. The van der Waals surface area contributed by atoms with Crippen LogP contribution in [0.4, 0.5) is 0 Å². The largest absolute Gasteiger partial charge is 0.340 e. The van der Waals surface area contributed by atoms with E-state index < -0.39 is 0 Å². The Kier molecular flexibility index (Phi) is 4.35. The maximum absolute atomic E-state index is 12.9. The topological polar surface area (TPSA) is 49.0 Å². The van der Waals surface area contributed by atoms with Crippen molar-refractivity contribution in [3.05, 3.63) is 34.3 Å². The molecule has 4 nitrogen and oxygen atoms in total. The molecule has 3 rings (SSSR count). The van der Waals surface area contributed by atoms with Crippen LogP contribution in [-0.2, 0) is 17.8 Å². The molecule has 0 saturated carbocycles. The summed E-state index contributed by atoms with van der Waals surface area (Å²) in [6.07, 6.45) is 4.50. The van der Waals surface area contributed by atoms with Gasteiger partial charge in [-0.15, -0.1) is 11.3 Å². The summed E-state index contributed by atoms with van der Waals surface area (Å²) in [5.41, 5.74) is 1.31. The number of nitrogens with one attached hydrogen (secondary N) is 1. The molecule has 0 fully saturated rings. The highest BCUT2D eigenvalue weighted by atomic mass is 32.2. The molecule has 0 aliphatic carbocycles.